The smallest absolute Gasteiger partial charge is 0.331 e. The Bertz CT molecular complexity index is 193. The van der Waals surface area contributed by atoms with Crippen molar-refractivity contribution in [3.05, 3.63) is 24.3 Å². The lowest BCUT2D eigenvalue weighted by Crippen LogP contribution is -2.16. The van der Waals surface area contributed by atoms with Crippen molar-refractivity contribution in [3.8, 4) is 0 Å². The van der Waals surface area contributed by atoms with Crippen LogP contribution in [0.3, 0.4) is 0 Å². The van der Waals surface area contributed by atoms with E-state index in [0.717, 1.165) is 26.4 Å². The molecular formula is C10H16O4. The predicted octanol–water partition coefficient (Wildman–Crippen LogP) is 1.24. The van der Waals surface area contributed by atoms with Crippen molar-refractivity contribution in [2.45, 2.75) is 6.92 Å². The second-order valence-electron chi connectivity index (χ2n) is 2.62. The molecule has 0 unspecified atom stereocenters. The molecular weight excluding hydrogens is 184 g/mol. The molecule has 0 aliphatic carbocycles. The fraction of sp³-hybridized carbons (Fsp3) is 0.500. The van der Waals surface area contributed by atoms with E-state index < -0.39 is 5.97 Å². The molecule has 1 fully saturated rings. The highest BCUT2D eigenvalue weighted by molar-refractivity contribution is 5.86. The Morgan fingerprint density at radius 1 is 1.29 bits per heavy atom. The maximum atomic E-state index is 9.97. The molecule has 1 aliphatic heterocycles. The van der Waals surface area contributed by atoms with Crippen LogP contribution in [0.5, 0.6) is 0 Å². The van der Waals surface area contributed by atoms with Gasteiger partial charge in [-0.05, 0) is 6.92 Å². The Labute approximate surface area is 83.8 Å². The summed E-state index contributed by atoms with van der Waals surface area (Å²) in [5, 5.41) is 8.20. The van der Waals surface area contributed by atoms with Gasteiger partial charge < -0.3 is 14.6 Å². The first-order chi connectivity index (χ1) is 6.68. The predicted molar refractivity (Wildman–Crippen MR) is 53.2 cm³/mol. The standard InChI is InChI=1S/C6H8O2.C4H8O2/c1-3-4-5(2)6(7)8;1-2-6-4-3-5-1/h3-4H,1H2,2H3,(H,7,8);1-4H2. The maximum absolute atomic E-state index is 9.97. The van der Waals surface area contributed by atoms with Gasteiger partial charge in [0, 0.05) is 5.57 Å². The molecule has 0 aromatic carbocycles. The van der Waals surface area contributed by atoms with Crippen molar-refractivity contribution in [2.75, 3.05) is 26.4 Å². The van der Waals surface area contributed by atoms with Crippen molar-refractivity contribution < 1.29 is 19.4 Å². The number of rotatable bonds is 2. The molecule has 0 aromatic heterocycles. The molecule has 4 nitrogen and oxygen atoms in total. The quantitative estimate of drug-likeness (QED) is 0.538. The monoisotopic (exact) mass is 200 g/mol. The van der Waals surface area contributed by atoms with E-state index in [9.17, 15) is 4.79 Å². The topological polar surface area (TPSA) is 55.8 Å². The fourth-order valence-electron chi connectivity index (χ4n) is 0.688. The van der Waals surface area contributed by atoms with Gasteiger partial charge in [-0.3, -0.25) is 0 Å². The van der Waals surface area contributed by atoms with Crippen LogP contribution >= 0.6 is 0 Å². The zero-order chi connectivity index (χ0) is 10.8. The summed E-state index contributed by atoms with van der Waals surface area (Å²) in [6.07, 6.45) is 2.89. The molecule has 0 saturated carbocycles. The first kappa shape index (κ1) is 12.9. The molecule has 1 saturated heterocycles. The molecule has 4 heteroatoms. The van der Waals surface area contributed by atoms with Gasteiger partial charge in [0.1, 0.15) is 0 Å². The second-order valence-corrected chi connectivity index (χ2v) is 2.62. The molecule has 1 heterocycles. The number of carboxylic acids is 1. The summed E-state index contributed by atoms with van der Waals surface area (Å²) in [6.45, 7) is 7.97. The average Bonchev–Trinajstić information content (AvgIpc) is 2.21. The summed E-state index contributed by atoms with van der Waals surface area (Å²) in [5.74, 6) is -0.898. The maximum Gasteiger partial charge on any atom is 0.331 e. The Balaban J connectivity index is 0.000000249. The molecule has 80 valence electrons. The minimum absolute atomic E-state index is 0.306. The number of carboxylic acid groups (broad SMARTS) is 1. The van der Waals surface area contributed by atoms with Crippen LogP contribution < -0.4 is 0 Å². The van der Waals surface area contributed by atoms with Crippen LogP contribution in [-0.2, 0) is 14.3 Å². The zero-order valence-corrected chi connectivity index (χ0v) is 8.36. The van der Waals surface area contributed by atoms with Crippen LogP contribution in [0.1, 0.15) is 6.92 Å². The van der Waals surface area contributed by atoms with E-state index in [0.29, 0.717) is 5.57 Å². The van der Waals surface area contributed by atoms with E-state index in [2.05, 4.69) is 6.58 Å². The third-order valence-corrected chi connectivity index (χ3v) is 1.45. The lowest BCUT2D eigenvalue weighted by Gasteiger charge is -2.09. The minimum atomic E-state index is -0.898. The van der Waals surface area contributed by atoms with E-state index in [1.54, 1.807) is 0 Å². The fourth-order valence-corrected chi connectivity index (χ4v) is 0.688. The lowest BCUT2D eigenvalue weighted by molar-refractivity contribution is -0.132. The lowest BCUT2D eigenvalue weighted by atomic mass is 10.3. The van der Waals surface area contributed by atoms with Crippen LogP contribution in [0.4, 0.5) is 0 Å². The van der Waals surface area contributed by atoms with E-state index in [4.69, 9.17) is 14.6 Å². The van der Waals surface area contributed by atoms with Gasteiger partial charge in [-0.15, -0.1) is 0 Å². The van der Waals surface area contributed by atoms with E-state index in [1.165, 1.54) is 19.1 Å². The SMILES string of the molecule is C1COCCO1.C=CC=C(C)C(=O)O. The summed E-state index contributed by atoms with van der Waals surface area (Å²) >= 11 is 0. The number of allylic oxidation sites excluding steroid dienone is 2. The van der Waals surface area contributed by atoms with Gasteiger partial charge in [-0.1, -0.05) is 18.7 Å². The normalized spacial score (nSPS) is 16.5. The molecule has 0 aromatic rings. The highest BCUT2D eigenvalue weighted by Crippen LogP contribution is 1.89. The number of hydrogen-bond acceptors (Lipinski definition) is 3. The van der Waals surface area contributed by atoms with E-state index in [-0.39, 0.29) is 0 Å². The Morgan fingerprint density at radius 2 is 1.71 bits per heavy atom. The van der Waals surface area contributed by atoms with Gasteiger partial charge >= 0.3 is 5.97 Å². The molecule has 1 N–H and O–H groups in total. The highest BCUT2D eigenvalue weighted by atomic mass is 16.6. The number of ether oxygens (including phenoxy) is 2. The van der Waals surface area contributed by atoms with Crippen LogP contribution in [0.15, 0.2) is 24.3 Å². The van der Waals surface area contributed by atoms with Crippen LogP contribution in [-0.4, -0.2) is 37.5 Å². The summed E-state index contributed by atoms with van der Waals surface area (Å²) in [4.78, 5) is 9.97. The summed E-state index contributed by atoms with van der Waals surface area (Å²) in [7, 11) is 0. The molecule has 14 heavy (non-hydrogen) atoms. The summed E-state index contributed by atoms with van der Waals surface area (Å²) in [6, 6.07) is 0. The Hall–Kier alpha value is -1.13. The van der Waals surface area contributed by atoms with Gasteiger partial charge in [0.15, 0.2) is 0 Å². The number of hydrogen-bond donors (Lipinski definition) is 1. The molecule has 0 bridgehead atoms. The third-order valence-electron chi connectivity index (χ3n) is 1.45. The number of carbonyl (C=O) groups is 1. The largest absolute Gasteiger partial charge is 0.478 e. The molecule has 0 spiro atoms. The van der Waals surface area contributed by atoms with Crippen LogP contribution in [0.25, 0.3) is 0 Å². The average molecular weight is 200 g/mol. The molecule has 0 radical (unpaired) electrons. The number of aliphatic carboxylic acids is 1. The van der Waals surface area contributed by atoms with Crippen molar-refractivity contribution in [1.29, 1.82) is 0 Å². The summed E-state index contributed by atoms with van der Waals surface area (Å²) in [5.41, 5.74) is 0.306. The first-order valence-electron chi connectivity index (χ1n) is 4.36. The minimum Gasteiger partial charge on any atom is -0.478 e. The van der Waals surface area contributed by atoms with Gasteiger partial charge in [0.2, 0.25) is 0 Å². The van der Waals surface area contributed by atoms with Gasteiger partial charge in [-0.2, -0.15) is 0 Å². The van der Waals surface area contributed by atoms with E-state index >= 15 is 0 Å². The van der Waals surface area contributed by atoms with Crippen molar-refractivity contribution in [3.63, 3.8) is 0 Å². The third kappa shape index (κ3) is 7.52. The van der Waals surface area contributed by atoms with Crippen molar-refractivity contribution >= 4 is 5.97 Å². The Kier molecular flexibility index (Phi) is 7.78. The van der Waals surface area contributed by atoms with Crippen LogP contribution in [0, 0.1) is 0 Å². The highest BCUT2D eigenvalue weighted by Gasteiger charge is 1.94. The molecule has 1 rings (SSSR count). The first-order valence-corrected chi connectivity index (χ1v) is 4.36. The van der Waals surface area contributed by atoms with Gasteiger partial charge in [-0.25, -0.2) is 4.79 Å². The van der Waals surface area contributed by atoms with E-state index in [1.807, 2.05) is 0 Å². The van der Waals surface area contributed by atoms with Crippen molar-refractivity contribution in [2.24, 2.45) is 0 Å². The zero-order valence-electron chi connectivity index (χ0n) is 8.36. The van der Waals surface area contributed by atoms with Gasteiger partial charge in [0.05, 0.1) is 26.4 Å². The van der Waals surface area contributed by atoms with Gasteiger partial charge in [0.25, 0.3) is 0 Å². The summed E-state index contributed by atoms with van der Waals surface area (Å²) < 4.78 is 9.89. The second kappa shape index (κ2) is 8.47. The molecule has 0 amide bonds. The van der Waals surface area contributed by atoms with Crippen molar-refractivity contribution in [1.82, 2.24) is 0 Å². The van der Waals surface area contributed by atoms with Crippen LogP contribution in [0.2, 0.25) is 0 Å². The molecule has 0 atom stereocenters. The molecule has 1 aliphatic rings. The Morgan fingerprint density at radius 3 is 1.86 bits per heavy atom.